The minimum Gasteiger partial charge on any atom is -0.388 e. The van der Waals surface area contributed by atoms with Crippen LogP contribution in [0.5, 0.6) is 0 Å². The highest BCUT2D eigenvalue weighted by Crippen LogP contribution is 2.39. The Morgan fingerprint density at radius 3 is 2.26 bits per heavy atom. The van der Waals surface area contributed by atoms with Crippen LogP contribution in [0.2, 0.25) is 0 Å². The van der Waals surface area contributed by atoms with Gasteiger partial charge < -0.3 is 15.2 Å². The molecule has 0 spiro atoms. The number of amides is 1. The molecule has 0 atom stereocenters. The van der Waals surface area contributed by atoms with Crippen molar-refractivity contribution < 1.29 is 14.6 Å². The maximum Gasteiger partial charge on any atom is 0.222 e. The lowest BCUT2D eigenvalue weighted by atomic mass is 9.71. The maximum atomic E-state index is 11.8. The zero-order valence-electron chi connectivity index (χ0n) is 13.0. The Balaban J connectivity index is 2.38. The highest BCUT2D eigenvalue weighted by Gasteiger charge is 2.37. The normalized spacial score (nSPS) is 22.0. The number of carbonyl (C=O) groups is 1. The molecule has 4 nitrogen and oxygen atoms in total. The number of methoxy groups -OCH3 is 1. The lowest BCUT2D eigenvalue weighted by Gasteiger charge is -2.40. The molecule has 1 amide bonds. The summed E-state index contributed by atoms with van der Waals surface area (Å²) in [5.74, 6) is -0.0647. The molecule has 1 fully saturated rings. The van der Waals surface area contributed by atoms with Crippen molar-refractivity contribution in [1.82, 2.24) is 5.32 Å². The Labute approximate surface area is 116 Å². The molecule has 4 heteroatoms. The molecule has 0 aromatic rings. The van der Waals surface area contributed by atoms with Crippen LogP contribution in [0.4, 0.5) is 0 Å². The van der Waals surface area contributed by atoms with Crippen molar-refractivity contribution in [2.75, 3.05) is 13.7 Å². The van der Waals surface area contributed by atoms with Gasteiger partial charge in [0.2, 0.25) is 5.91 Å². The van der Waals surface area contributed by atoms with E-state index in [1.807, 2.05) is 13.8 Å². The van der Waals surface area contributed by atoms with Crippen molar-refractivity contribution >= 4 is 5.91 Å². The van der Waals surface area contributed by atoms with Crippen LogP contribution < -0.4 is 5.32 Å². The molecular weight excluding hydrogens is 242 g/mol. The van der Waals surface area contributed by atoms with Crippen LogP contribution in [-0.4, -0.2) is 35.9 Å². The number of hydrogen-bond donors (Lipinski definition) is 2. The van der Waals surface area contributed by atoms with Gasteiger partial charge in [0.1, 0.15) is 0 Å². The molecule has 0 aliphatic heterocycles. The van der Waals surface area contributed by atoms with Crippen LogP contribution in [0.15, 0.2) is 0 Å². The van der Waals surface area contributed by atoms with E-state index in [0.717, 1.165) is 25.7 Å². The number of ether oxygens (including phenoxy) is 1. The fourth-order valence-corrected chi connectivity index (χ4v) is 2.35. The molecule has 1 aliphatic rings. The highest BCUT2D eigenvalue weighted by molar-refractivity contribution is 5.77. The molecule has 1 aliphatic carbocycles. The third-order valence-electron chi connectivity index (χ3n) is 4.29. The van der Waals surface area contributed by atoms with Crippen LogP contribution in [0.3, 0.4) is 0 Å². The SMILES string of the molecule is COC(C)(C)CC(=O)NCC1(O)CCC(C)(C)CC1. The molecule has 0 saturated heterocycles. The average Bonchev–Trinajstić information content (AvgIpc) is 2.31. The molecule has 2 N–H and O–H groups in total. The second-order valence-electron chi connectivity index (χ2n) is 7.31. The molecule has 1 rings (SSSR count). The molecule has 0 heterocycles. The smallest absolute Gasteiger partial charge is 0.222 e. The zero-order chi connectivity index (χ0) is 14.7. The fourth-order valence-electron chi connectivity index (χ4n) is 2.35. The highest BCUT2D eigenvalue weighted by atomic mass is 16.5. The molecule has 0 bridgehead atoms. The monoisotopic (exact) mass is 271 g/mol. The molecule has 19 heavy (non-hydrogen) atoms. The topological polar surface area (TPSA) is 58.6 Å². The first kappa shape index (κ1) is 16.4. The van der Waals surface area contributed by atoms with Gasteiger partial charge in [0.05, 0.1) is 17.6 Å². The first-order valence-electron chi connectivity index (χ1n) is 7.12. The van der Waals surface area contributed by atoms with Crippen molar-refractivity contribution in [1.29, 1.82) is 0 Å². The van der Waals surface area contributed by atoms with E-state index in [0.29, 0.717) is 18.4 Å². The summed E-state index contributed by atoms with van der Waals surface area (Å²) in [5, 5.41) is 13.3. The van der Waals surface area contributed by atoms with E-state index < -0.39 is 11.2 Å². The standard InChI is InChI=1S/C15H29NO3/c1-13(2)6-8-15(18,9-7-13)11-16-12(17)10-14(3,4)19-5/h18H,6-11H2,1-5H3,(H,16,17). The molecule has 0 aromatic heterocycles. The first-order valence-corrected chi connectivity index (χ1v) is 7.12. The number of carbonyl (C=O) groups excluding carboxylic acids is 1. The van der Waals surface area contributed by atoms with Gasteiger partial charge in [-0.05, 0) is 44.9 Å². The summed E-state index contributed by atoms with van der Waals surface area (Å²) in [7, 11) is 1.60. The van der Waals surface area contributed by atoms with E-state index in [2.05, 4.69) is 19.2 Å². The third-order valence-corrected chi connectivity index (χ3v) is 4.29. The van der Waals surface area contributed by atoms with Gasteiger partial charge in [-0.25, -0.2) is 0 Å². The van der Waals surface area contributed by atoms with Gasteiger partial charge in [-0.15, -0.1) is 0 Å². The minimum atomic E-state index is -0.734. The van der Waals surface area contributed by atoms with Crippen molar-refractivity contribution in [3.63, 3.8) is 0 Å². The van der Waals surface area contributed by atoms with Crippen LogP contribution >= 0.6 is 0 Å². The van der Waals surface area contributed by atoms with E-state index in [1.54, 1.807) is 7.11 Å². The van der Waals surface area contributed by atoms with Crippen LogP contribution in [0.25, 0.3) is 0 Å². The Morgan fingerprint density at radius 2 is 1.79 bits per heavy atom. The predicted octanol–water partition coefficient (Wildman–Crippen LogP) is 2.25. The zero-order valence-corrected chi connectivity index (χ0v) is 13.0. The Bertz CT molecular complexity index is 313. The van der Waals surface area contributed by atoms with E-state index in [4.69, 9.17) is 4.74 Å². The maximum absolute atomic E-state index is 11.8. The fraction of sp³-hybridized carbons (Fsp3) is 0.933. The second-order valence-corrected chi connectivity index (χ2v) is 7.31. The summed E-state index contributed by atoms with van der Waals surface area (Å²) in [4.78, 5) is 11.8. The molecule has 0 unspecified atom stereocenters. The second kappa shape index (κ2) is 5.80. The van der Waals surface area contributed by atoms with Crippen molar-refractivity contribution in [2.24, 2.45) is 5.41 Å². The first-order chi connectivity index (χ1) is 8.58. The van der Waals surface area contributed by atoms with Gasteiger partial charge in [-0.2, -0.15) is 0 Å². The summed E-state index contributed by atoms with van der Waals surface area (Å²) in [5.41, 5.74) is -0.877. The Morgan fingerprint density at radius 1 is 1.26 bits per heavy atom. The summed E-state index contributed by atoms with van der Waals surface area (Å²) in [6, 6.07) is 0. The number of aliphatic hydroxyl groups is 1. The van der Waals surface area contributed by atoms with Gasteiger partial charge in [0.15, 0.2) is 0 Å². The van der Waals surface area contributed by atoms with Crippen LogP contribution in [0, 0.1) is 5.41 Å². The molecule has 1 saturated carbocycles. The van der Waals surface area contributed by atoms with Crippen LogP contribution in [-0.2, 0) is 9.53 Å². The summed E-state index contributed by atoms with van der Waals surface area (Å²) in [6.45, 7) is 8.56. The summed E-state index contributed by atoms with van der Waals surface area (Å²) >= 11 is 0. The largest absolute Gasteiger partial charge is 0.388 e. The van der Waals surface area contributed by atoms with Crippen molar-refractivity contribution in [3.8, 4) is 0 Å². The van der Waals surface area contributed by atoms with Gasteiger partial charge in [0, 0.05) is 13.7 Å². The lowest BCUT2D eigenvalue weighted by molar-refractivity contribution is -0.128. The summed E-state index contributed by atoms with van der Waals surface area (Å²) < 4.78 is 5.23. The minimum absolute atomic E-state index is 0.0647. The molecular formula is C15H29NO3. The van der Waals surface area contributed by atoms with E-state index in [9.17, 15) is 9.90 Å². The number of hydrogen-bond acceptors (Lipinski definition) is 3. The van der Waals surface area contributed by atoms with Gasteiger partial charge in [-0.1, -0.05) is 13.8 Å². The summed E-state index contributed by atoms with van der Waals surface area (Å²) in [6.07, 6.45) is 3.83. The number of rotatable bonds is 5. The van der Waals surface area contributed by atoms with E-state index in [-0.39, 0.29) is 5.91 Å². The average molecular weight is 271 g/mol. The molecule has 0 aromatic carbocycles. The van der Waals surface area contributed by atoms with Gasteiger partial charge in [0.25, 0.3) is 0 Å². The van der Waals surface area contributed by atoms with E-state index >= 15 is 0 Å². The van der Waals surface area contributed by atoms with Crippen molar-refractivity contribution in [2.45, 2.75) is 71.0 Å². The molecule has 0 radical (unpaired) electrons. The quantitative estimate of drug-likeness (QED) is 0.806. The Kier molecular flexibility index (Phi) is 5.02. The Hall–Kier alpha value is -0.610. The predicted molar refractivity (Wildman–Crippen MR) is 75.9 cm³/mol. The van der Waals surface area contributed by atoms with Gasteiger partial charge in [-0.3, -0.25) is 4.79 Å². The number of nitrogens with one attached hydrogen (secondary N) is 1. The van der Waals surface area contributed by atoms with Crippen molar-refractivity contribution in [3.05, 3.63) is 0 Å². The molecule has 112 valence electrons. The third kappa shape index (κ3) is 5.49. The van der Waals surface area contributed by atoms with Crippen LogP contribution in [0.1, 0.15) is 59.8 Å². The lowest BCUT2D eigenvalue weighted by Crippen LogP contribution is -2.47. The van der Waals surface area contributed by atoms with E-state index in [1.165, 1.54) is 0 Å². The van der Waals surface area contributed by atoms with Gasteiger partial charge >= 0.3 is 0 Å².